The lowest BCUT2D eigenvalue weighted by atomic mass is 9.95. The predicted octanol–water partition coefficient (Wildman–Crippen LogP) is 2.98. The summed E-state index contributed by atoms with van der Waals surface area (Å²) >= 11 is 0. The molecule has 1 fully saturated rings. The fraction of sp³-hybridized carbons (Fsp3) is 0.381. The number of rotatable bonds is 6. The van der Waals surface area contributed by atoms with Gasteiger partial charge in [0.15, 0.2) is 9.84 Å². The van der Waals surface area contributed by atoms with Crippen LogP contribution >= 0.6 is 0 Å². The molecule has 1 N–H and O–H groups in total. The maximum Gasteiger partial charge on any atom is 0.311 e. The highest BCUT2D eigenvalue weighted by molar-refractivity contribution is 7.90. The molecule has 2 aromatic rings. The minimum atomic E-state index is -3.76. The first-order chi connectivity index (χ1) is 14.6. The standard InChI is InChI=1S/C21H24FN3O5S/c1-14-6-7-15(12-17(14)22)13-23-21(26)16-8-10-24(11-9-16)18-4-3-5-19(31(2,29)30)20(18)25(27)28/h3-7,12,16H,8-11,13H2,1-2H3,(H,23,26). The van der Waals surface area contributed by atoms with Crippen molar-refractivity contribution in [1.29, 1.82) is 0 Å². The number of sulfone groups is 1. The monoisotopic (exact) mass is 449 g/mol. The van der Waals surface area contributed by atoms with Crippen LogP contribution in [0, 0.1) is 28.8 Å². The maximum atomic E-state index is 13.7. The summed E-state index contributed by atoms with van der Waals surface area (Å²) in [7, 11) is -3.76. The Balaban J connectivity index is 1.66. The van der Waals surface area contributed by atoms with Crippen LogP contribution in [0.3, 0.4) is 0 Å². The average molecular weight is 450 g/mol. The first-order valence-corrected chi connectivity index (χ1v) is 11.7. The van der Waals surface area contributed by atoms with Crippen LogP contribution < -0.4 is 10.2 Å². The van der Waals surface area contributed by atoms with Gasteiger partial charge in [-0.25, -0.2) is 12.8 Å². The zero-order valence-electron chi connectivity index (χ0n) is 17.3. The lowest BCUT2D eigenvalue weighted by Gasteiger charge is -2.32. The van der Waals surface area contributed by atoms with E-state index in [4.69, 9.17) is 0 Å². The molecular formula is C21H24FN3O5S. The molecule has 1 amide bonds. The molecule has 2 aromatic carbocycles. The van der Waals surface area contributed by atoms with Crippen molar-refractivity contribution in [1.82, 2.24) is 5.32 Å². The Hall–Kier alpha value is -3.01. The van der Waals surface area contributed by atoms with Gasteiger partial charge in [0, 0.05) is 31.8 Å². The van der Waals surface area contributed by atoms with Crippen LogP contribution in [-0.4, -0.2) is 38.6 Å². The molecule has 0 radical (unpaired) electrons. The summed E-state index contributed by atoms with van der Waals surface area (Å²) in [6.45, 7) is 2.65. The van der Waals surface area contributed by atoms with E-state index < -0.39 is 20.4 Å². The summed E-state index contributed by atoms with van der Waals surface area (Å²) in [5, 5.41) is 14.4. The SMILES string of the molecule is Cc1ccc(CNC(=O)C2CCN(c3cccc(S(C)(=O)=O)c3[N+](=O)[O-])CC2)cc1F. The number of hydrogen-bond acceptors (Lipinski definition) is 6. The molecule has 1 saturated heterocycles. The van der Waals surface area contributed by atoms with Crippen molar-refractivity contribution in [3.8, 4) is 0 Å². The van der Waals surface area contributed by atoms with E-state index in [2.05, 4.69) is 5.32 Å². The number of nitro benzene ring substituents is 1. The number of piperidine rings is 1. The highest BCUT2D eigenvalue weighted by Crippen LogP contribution is 2.36. The minimum Gasteiger partial charge on any atom is -0.366 e. The number of anilines is 1. The maximum absolute atomic E-state index is 13.7. The van der Waals surface area contributed by atoms with E-state index in [0.29, 0.717) is 37.1 Å². The van der Waals surface area contributed by atoms with E-state index in [1.54, 1.807) is 24.0 Å². The summed E-state index contributed by atoms with van der Waals surface area (Å²) in [5.41, 5.74) is 1.01. The lowest BCUT2D eigenvalue weighted by Crippen LogP contribution is -2.40. The summed E-state index contributed by atoms with van der Waals surface area (Å²) in [5.74, 6) is -0.748. The number of nitro groups is 1. The highest BCUT2D eigenvalue weighted by atomic mass is 32.2. The topological polar surface area (TPSA) is 110 Å². The first-order valence-electron chi connectivity index (χ1n) is 9.83. The number of aryl methyl sites for hydroxylation is 1. The van der Waals surface area contributed by atoms with E-state index in [1.165, 1.54) is 24.3 Å². The van der Waals surface area contributed by atoms with Crippen molar-refractivity contribution < 1.29 is 22.5 Å². The Bertz CT molecular complexity index is 1110. The van der Waals surface area contributed by atoms with Crippen molar-refractivity contribution in [3.05, 3.63) is 63.5 Å². The Morgan fingerprint density at radius 2 is 1.94 bits per heavy atom. The van der Waals surface area contributed by atoms with Crippen molar-refractivity contribution in [2.24, 2.45) is 5.92 Å². The number of hydrogen-bond donors (Lipinski definition) is 1. The fourth-order valence-corrected chi connectivity index (χ4v) is 4.57. The quantitative estimate of drug-likeness (QED) is 0.536. The molecular weight excluding hydrogens is 425 g/mol. The number of carbonyl (C=O) groups excluding carboxylic acids is 1. The van der Waals surface area contributed by atoms with E-state index in [9.17, 15) is 27.7 Å². The second-order valence-electron chi connectivity index (χ2n) is 7.72. The van der Waals surface area contributed by atoms with E-state index in [-0.39, 0.29) is 34.8 Å². The Kier molecular flexibility index (Phi) is 6.59. The zero-order valence-corrected chi connectivity index (χ0v) is 18.1. The molecule has 3 rings (SSSR count). The smallest absolute Gasteiger partial charge is 0.311 e. The molecule has 1 aliphatic heterocycles. The van der Waals surface area contributed by atoms with Gasteiger partial charge in [-0.15, -0.1) is 0 Å². The van der Waals surface area contributed by atoms with Crippen LogP contribution in [0.15, 0.2) is 41.3 Å². The van der Waals surface area contributed by atoms with Gasteiger partial charge in [0.25, 0.3) is 0 Å². The van der Waals surface area contributed by atoms with E-state index >= 15 is 0 Å². The van der Waals surface area contributed by atoms with Crippen LogP contribution in [0.25, 0.3) is 0 Å². The molecule has 0 unspecified atom stereocenters. The van der Waals surface area contributed by atoms with Crippen molar-refractivity contribution in [2.45, 2.75) is 31.2 Å². The van der Waals surface area contributed by atoms with Gasteiger partial charge in [0.1, 0.15) is 16.4 Å². The number of nitrogens with one attached hydrogen (secondary N) is 1. The lowest BCUT2D eigenvalue weighted by molar-refractivity contribution is -0.387. The molecule has 31 heavy (non-hydrogen) atoms. The minimum absolute atomic E-state index is 0.153. The second-order valence-corrected chi connectivity index (χ2v) is 9.70. The molecule has 10 heteroatoms. The Labute approximate surface area is 180 Å². The molecule has 166 valence electrons. The number of para-hydroxylation sites is 1. The number of carbonyl (C=O) groups is 1. The molecule has 0 atom stereocenters. The third-order valence-electron chi connectivity index (χ3n) is 5.47. The predicted molar refractivity (Wildman–Crippen MR) is 114 cm³/mol. The van der Waals surface area contributed by atoms with Gasteiger partial charge in [-0.1, -0.05) is 18.2 Å². The van der Waals surface area contributed by atoms with E-state index in [1.807, 2.05) is 0 Å². The van der Waals surface area contributed by atoms with Crippen LogP contribution in [0.2, 0.25) is 0 Å². The summed E-state index contributed by atoms with van der Waals surface area (Å²) in [6, 6.07) is 9.05. The zero-order chi connectivity index (χ0) is 22.8. The van der Waals surface area contributed by atoms with Gasteiger partial charge in [-0.3, -0.25) is 14.9 Å². The molecule has 0 aliphatic carbocycles. The van der Waals surface area contributed by atoms with Crippen LogP contribution in [-0.2, 0) is 21.2 Å². The Morgan fingerprint density at radius 1 is 1.26 bits per heavy atom. The average Bonchev–Trinajstić information content (AvgIpc) is 2.73. The molecule has 0 aromatic heterocycles. The number of halogens is 1. The molecule has 1 aliphatic rings. The summed E-state index contributed by atoms with van der Waals surface area (Å²) < 4.78 is 37.6. The van der Waals surface area contributed by atoms with Crippen LogP contribution in [0.4, 0.5) is 15.8 Å². The molecule has 1 heterocycles. The van der Waals surface area contributed by atoms with Gasteiger partial charge < -0.3 is 10.2 Å². The van der Waals surface area contributed by atoms with Gasteiger partial charge in [0.2, 0.25) is 5.91 Å². The second kappa shape index (κ2) is 9.01. The Morgan fingerprint density at radius 3 is 2.52 bits per heavy atom. The summed E-state index contributed by atoms with van der Waals surface area (Å²) in [4.78, 5) is 24.9. The number of nitrogens with zero attached hydrogens (tertiary/aromatic N) is 2. The molecule has 0 bridgehead atoms. The third kappa shape index (κ3) is 5.19. The largest absolute Gasteiger partial charge is 0.366 e. The van der Waals surface area contributed by atoms with Gasteiger partial charge in [-0.05, 0) is 49.1 Å². The number of amides is 1. The van der Waals surface area contributed by atoms with Gasteiger partial charge in [-0.2, -0.15) is 0 Å². The highest BCUT2D eigenvalue weighted by Gasteiger charge is 2.32. The normalized spacial score (nSPS) is 15.0. The van der Waals surface area contributed by atoms with Crippen LogP contribution in [0.1, 0.15) is 24.0 Å². The molecule has 0 spiro atoms. The van der Waals surface area contributed by atoms with Crippen LogP contribution in [0.5, 0.6) is 0 Å². The molecule has 0 saturated carbocycles. The third-order valence-corrected chi connectivity index (χ3v) is 6.60. The van der Waals surface area contributed by atoms with Crippen molar-refractivity contribution >= 4 is 27.1 Å². The first kappa shape index (κ1) is 22.7. The van der Waals surface area contributed by atoms with Crippen molar-refractivity contribution in [2.75, 3.05) is 24.2 Å². The van der Waals surface area contributed by atoms with Gasteiger partial charge in [0.05, 0.1) is 4.92 Å². The number of benzene rings is 2. The molecule has 8 nitrogen and oxygen atoms in total. The van der Waals surface area contributed by atoms with Crippen molar-refractivity contribution in [3.63, 3.8) is 0 Å². The fourth-order valence-electron chi connectivity index (χ4n) is 3.71. The summed E-state index contributed by atoms with van der Waals surface area (Å²) in [6.07, 6.45) is 1.87. The van der Waals surface area contributed by atoms with E-state index in [0.717, 1.165) is 6.26 Å². The van der Waals surface area contributed by atoms with Gasteiger partial charge >= 0.3 is 5.69 Å².